The Morgan fingerprint density at radius 3 is 2.58 bits per heavy atom. The molecule has 0 bridgehead atoms. The maximum Gasteiger partial charge on any atom is 0.254 e. The summed E-state index contributed by atoms with van der Waals surface area (Å²) in [5, 5.41) is 2.92. The fourth-order valence-electron chi connectivity index (χ4n) is 2.84. The van der Waals surface area contributed by atoms with Gasteiger partial charge in [0.1, 0.15) is 30.1 Å². The molecule has 0 aliphatic carbocycles. The second-order valence-electron chi connectivity index (χ2n) is 5.68. The first kappa shape index (κ1) is 16.4. The number of rotatable bonds is 6. The summed E-state index contributed by atoms with van der Waals surface area (Å²) in [6.45, 7) is 3.33. The maximum atomic E-state index is 12.3. The number of benzene rings is 1. The Hall–Kier alpha value is -2.47. The number of hydrogen-bond acceptors (Lipinski definition) is 5. The van der Waals surface area contributed by atoms with Crippen molar-refractivity contribution in [3.8, 4) is 11.5 Å². The SMILES string of the molecule is COc1cc(CCNC(=O)c2coc3c2COC3)cc(OC)c1C. The molecule has 6 nitrogen and oxygen atoms in total. The summed E-state index contributed by atoms with van der Waals surface area (Å²) in [6, 6.07) is 3.93. The third-order valence-corrected chi connectivity index (χ3v) is 4.22. The summed E-state index contributed by atoms with van der Waals surface area (Å²) in [7, 11) is 3.27. The first-order valence-electron chi connectivity index (χ1n) is 7.80. The maximum absolute atomic E-state index is 12.3. The molecule has 1 N–H and O–H groups in total. The molecule has 0 saturated carbocycles. The molecule has 1 amide bonds. The van der Waals surface area contributed by atoms with Gasteiger partial charge in [0, 0.05) is 17.7 Å². The third kappa shape index (κ3) is 3.10. The van der Waals surface area contributed by atoms with E-state index in [1.807, 2.05) is 19.1 Å². The van der Waals surface area contributed by atoms with Crippen molar-refractivity contribution in [1.29, 1.82) is 0 Å². The van der Waals surface area contributed by atoms with Crippen molar-refractivity contribution in [2.24, 2.45) is 0 Å². The van der Waals surface area contributed by atoms with Gasteiger partial charge in [-0.1, -0.05) is 0 Å². The number of ether oxygens (including phenoxy) is 3. The molecule has 1 aliphatic heterocycles. The number of amides is 1. The lowest BCUT2D eigenvalue weighted by atomic mass is 10.1. The van der Waals surface area contributed by atoms with E-state index in [0.717, 1.165) is 33.9 Å². The fraction of sp³-hybridized carbons (Fsp3) is 0.389. The first-order valence-corrected chi connectivity index (χ1v) is 7.80. The second-order valence-corrected chi connectivity index (χ2v) is 5.68. The monoisotopic (exact) mass is 331 g/mol. The van der Waals surface area contributed by atoms with Gasteiger partial charge in [0.25, 0.3) is 5.91 Å². The van der Waals surface area contributed by atoms with Crippen LogP contribution in [0.25, 0.3) is 0 Å². The molecule has 2 heterocycles. The number of hydrogen-bond donors (Lipinski definition) is 1. The van der Waals surface area contributed by atoms with Crippen LogP contribution in [0, 0.1) is 6.92 Å². The molecular weight excluding hydrogens is 310 g/mol. The van der Waals surface area contributed by atoms with E-state index in [2.05, 4.69) is 5.32 Å². The van der Waals surface area contributed by atoms with Crippen molar-refractivity contribution in [3.63, 3.8) is 0 Å². The molecule has 0 saturated heterocycles. The zero-order valence-electron chi connectivity index (χ0n) is 14.1. The van der Waals surface area contributed by atoms with Crippen LogP contribution in [0.5, 0.6) is 11.5 Å². The van der Waals surface area contributed by atoms with Gasteiger partial charge in [0.2, 0.25) is 0 Å². The summed E-state index contributed by atoms with van der Waals surface area (Å²) in [5.41, 5.74) is 3.41. The molecule has 1 aromatic carbocycles. The molecule has 0 spiro atoms. The molecule has 0 fully saturated rings. The van der Waals surface area contributed by atoms with Crippen LogP contribution in [-0.4, -0.2) is 26.7 Å². The number of furan rings is 1. The molecule has 3 rings (SSSR count). The standard InChI is InChI=1S/C18H21NO5/c1-11-15(21-2)6-12(7-16(11)22-3)4-5-19-18(20)14-9-24-17-10-23-8-13(14)17/h6-7,9H,4-5,8,10H2,1-3H3,(H,19,20). The fourth-order valence-corrected chi connectivity index (χ4v) is 2.84. The van der Waals surface area contributed by atoms with Gasteiger partial charge in [-0.15, -0.1) is 0 Å². The minimum atomic E-state index is -0.142. The summed E-state index contributed by atoms with van der Waals surface area (Å²) < 4.78 is 21.4. The Labute approximate surface area is 140 Å². The summed E-state index contributed by atoms with van der Waals surface area (Å²) in [6.07, 6.45) is 2.18. The lowest BCUT2D eigenvalue weighted by Crippen LogP contribution is -2.26. The van der Waals surface area contributed by atoms with Crippen molar-refractivity contribution >= 4 is 5.91 Å². The van der Waals surface area contributed by atoms with E-state index in [9.17, 15) is 4.79 Å². The van der Waals surface area contributed by atoms with E-state index in [1.165, 1.54) is 6.26 Å². The van der Waals surface area contributed by atoms with Crippen LogP contribution in [0.1, 0.15) is 32.8 Å². The quantitative estimate of drug-likeness (QED) is 0.881. The van der Waals surface area contributed by atoms with E-state index in [-0.39, 0.29) is 5.91 Å². The smallest absolute Gasteiger partial charge is 0.254 e. The Bertz CT molecular complexity index is 725. The summed E-state index contributed by atoms with van der Waals surface area (Å²) in [4.78, 5) is 12.3. The molecule has 1 aliphatic rings. The average molecular weight is 331 g/mol. The molecule has 0 radical (unpaired) electrons. The Kier molecular flexibility index (Phi) is 4.76. The average Bonchev–Trinajstić information content (AvgIpc) is 3.19. The van der Waals surface area contributed by atoms with Gasteiger partial charge in [0.15, 0.2) is 0 Å². The summed E-state index contributed by atoms with van der Waals surface area (Å²) in [5.74, 6) is 2.16. The lowest BCUT2D eigenvalue weighted by molar-refractivity contribution is 0.0942. The minimum absolute atomic E-state index is 0.142. The van der Waals surface area contributed by atoms with Crippen LogP contribution in [0.15, 0.2) is 22.8 Å². The van der Waals surface area contributed by atoms with E-state index >= 15 is 0 Å². The highest BCUT2D eigenvalue weighted by Gasteiger charge is 2.23. The van der Waals surface area contributed by atoms with Crippen LogP contribution >= 0.6 is 0 Å². The zero-order chi connectivity index (χ0) is 17.1. The van der Waals surface area contributed by atoms with Gasteiger partial charge < -0.3 is 23.9 Å². The van der Waals surface area contributed by atoms with Crippen molar-refractivity contribution < 1.29 is 23.4 Å². The topological polar surface area (TPSA) is 69.9 Å². The predicted octanol–water partition coefficient (Wildman–Crippen LogP) is 2.61. The van der Waals surface area contributed by atoms with Crippen LogP contribution in [-0.2, 0) is 24.4 Å². The molecule has 24 heavy (non-hydrogen) atoms. The normalized spacial score (nSPS) is 12.8. The largest absolute Gasteiger partial charge is 0.496 e. The Balaban J connectivity index is 1.63. The molecule has 1 aromatic heterocycles. The molecule has 0 atom stereocenters. The summed E-state index contributed by atoms with van der Waals surface area (Å²) >= 11 is 0. The highest BCUT2D eigenvalue weighted by atomic mass is 16.5. The van der Waals surface area contributed by atoms with E-state index in [4.69, 9.17) is 18.6 Å². The molecule has 6 heteroatoms. The van der Waals surface area contributed by atoms with Gasteiger partial charge >= 0.3 is 0 Å². The number of methoxy groups -OCH3 is 2. The van der Waals surface area contributed by atoms with Crippen LogP contribution in [0.4, 0.5) is 0 Å². The Morgan fingerprint density at radius 2 is 1.92 bits per heavy atom. The predicted molar refractivity (Wildman–Crippen MR) is 87.5 cm³/mol. The van der Waals surface area contributed by atoms with Crippen LogP contribution in [0.2, 0.25) is 0 Å². The highest BCUT2D eigenvalue weighted by Crippen LogP contribution is 2.29. The van der Waals surface area contributed by atoms with Gasteiger partial charge in [0.05, 0.1) is 26.4 Å². The zero-order valence-corrected chi connectivity index (χ0v) is 14.1. The number of carbonyl (C=O) groups excluding carboxylic acids is 1. The van der Waals surface area contributed by atoms with Gasteiger partial charge in [-0.2, -0.15) is 0 Å². The Morgan fingerprint density at radius 1 is 1.21 bits per heavy atom. The molecule has 0 unspecified atom stereocenters. The van der Waals surface area contributed by atoms with Crippen molar-refractivity contribution in [3.05, 3.63) is 46.4 Å². The third-order valence-electron chi connectivity index (χ3n) is 4.22. The minimum Gasteiger partial charge on any atom is -0.496 e. The van der Waals surface area contributed by atoms with E-state index < -0.39 is 0 Å². The second kappa shape index (κ2) is 6.97. The van der Waals surface area contributed by atoms with Crippen molar-refractivity contribution in [1.82, 2.24) is 5.32 Å². The number of fused-ring (bicyclic) bond motifs is 1. The van der Waals surface area contributed by atoms with E-state index in [0.29, 0.717) is 31.7 Å². The van der Waals surface area contributed by atoms with Crippen molar-refractivity contribution in [2.45, 2.75) is 26.6 Å². The van der Waals surface area contributed by atoms with Crippen molar-refractivity contribution in [2.75, 3.05) is 20.8 Å². The van der Waals surface area contributed by atoms with Crippen LogP contribution in [0.3, 0.4) is 0 Å². The molecule has 128 valence electrons. The van der Waals surface area contributed by atoms with Gasteiger partial charge in [-0.3, -0.25) is 4.79 Å². The van der Waals surface area contributed by atoms with Crippen LogP contribution < -0.4 is 14.8 Å². The molecule has 2 aromatic rings. The van der Waals surface area contributed by atoms with Gasteiger partial charge in [-0.25, -0.2) is 0 Å². The highest BCUT2D eigenvalue weighted by molar-refractivity contribution is 5.95. The first-order chi connectivity index (χ1) is 11.6. The lowest BCUT2D eigenvalue weighted by Gasteiger charge is -2.13. The van der Waals surface area contributed by atoms with E-state index in [1.54, 1.807) is 14.2 Å². The molecular formula is C18H21NO5. The number of nitrogens with one attached hydrogen (secondary N) is 1. The van der Waals surface area contributed by atoms with Gasteiger partial charge in [-0.05, 0) is 31.0 Å². The number of carbonyl (C=O) groups is 1.